The van der Waals surface area contributed by atoms with Crippen molar-refractivity contribution in [1.82, 2.24) is 4.98 Å². The van der Waals surface area contributed by atoms with E-state index in [1.807, 2.05) is 18.2 Å². The van der Waals surface area contributed by atoms with Crippen LogP contribution in [0.25, 0.3) is 10.2 Å². The third kappa shape index (κ3) is 2.82. The van der Waals surface area contributed by atoms with Crippen molar-refractivity contribution >= 4 is 49.6 Å². The predicted molar refractivity (Wildman–Crippen MR) is 90.5 cm³/mol. The summed E-state index contributed by atoms with van der Waals surface area (Å²) in [7, 11) is 0. The fourth-order valence-electron chi connectivity index (χ4n) is 2.02. The Morgan fingerprint density at radius 1 is 1.30 bits per heavy atom. The van der Waals surface area contributed by atoms with Gasteiger partial charge in [-0.25, -0.2) is 4.98 Å². The van der Waals surface area contributed by atoms with Crippen molar-refractivity contribution in [3.63, 3.8) is 0 Å². The maximum Gasteiger partial charge on any atom is 0.183 e. The molecular weight excluding hydrogens is 308 g/mol. The first-order valence-corrected chi connectivity index (χ1v) is 8.46. The van der Waals surface area contributed by atoms with Crippen LogP contribution in [0, 0.1) is 0 Å². The van der Waals surface area contributed by atoms with E-state index in [4.69, 9.17) is 11.6 Å². The number of aromatic nitrogens is 1. The normalized spacial score (nSPS) is 11.9. The third-order valence-electron chi connectivity index (χ3n) is 3.22. The molecule has 1 N–H and O–H groups in total. The molecule has 0 atom stereocenters. The van der Waals surface area contributed by atoms with Gasteiger partial charge < -0.3 is 5.32 Å². The summed E-state index contributed by atoms with van der Waals surface area (Å²) in [6, 6.07) is 10.1. The van der Waals surface area contributed by atoms with Crippen LogP contribution in [0.5, 0.6) is 0 Å². The summed E-state index contributed by atoms with van der Waals surface area (Å²) in [6.07, 6.45) is 0. The molecule has 2 heterocycles. The van der Waals surface area contributed by atoms with Crippen molar-refractivity contribution in [2.24, 2.45) is 0 Å². The van der Waals surface area contributed by atoms with Crippen molar-refractivity contribution in [3.8, 4) is 0 Å². The highest BCUT2D eigenvalue weighted by molar-refractivity contribution is 7.22. The van der Waals surface area contributed by atoms with E-state index in [2.05, 4.69) is 41.7 Å². The molecule has 0 saturated heterocycles. The summed E-state index contributed by atoms with van der Waals surface area (Å²) in [5.41, 5.74) is 1.10. The van der Waals surface area contributed by atoms with E-state index in [0.717, 1.165) is 26.9 Å². The van der Waals surface area contributed by atoms with Gasteiger partial charge in [-0.05, 0) is 29.6 Å². The van der Waals surface area contributed by atoms with E-state index in [1.54, 1.807) is 22.7 Å². The second-order valence-corrected chi connectivity index (χ2v) is 7.76. The quantitative estimate of drug-likeness (QED) is 0.695. The van der Waals surface area contributed by atoms with Gasteiger partial charge in [0.25, 0.3) is 0 Å². The molecule has 3 rings (SSSR count). The average molecular weight is 323 g/mol. The molecule has 3 aromatic rings. The monoisotopic (exact) mass is 322 g/mol. The Balaban J connectivity index is 1.77. The number of thiazole rings is 1. The molecule has 0 bridgehead atoms. The molecule has 0 saturated carbocycles. The average Bonchev–Trinajstić information content (AvgIpc) is 3.05. The van der Waals surface area contributed by atoms with Crippen LogP contribution in [0.15, 0.2) is 35.7 Å². The number of halogens is 1. The van der Waals surface area contributed by atoms with Crippen LogP contribution in [0.4, 0.5) is 5.13 Å². The van der Waals surface area contributed by atoms with Gasteiger partial charge in [0.1, 0.15) is 0 Å². The molecule has 0 unspecified atom stereocenters. The first kappa shape index (κ1) is 13.9. The van der Waals surface area contributed by atoms with Crippen LogP contribution in [0.2, 0.25) is 5.02 Å². The number of thiophene rings is 1. The molecular formula is C15H15ClN2S2. The molecule has 104 valence electrons. The van der Waals surface area contributed by atoms with E-state index in [1.165, 1.54) is 4.88 Å². The number of nitrogens with zero attached hydrogens (tertiary/aromatic N) is 1. The van der Waals surface area contributed by atoms with E-state index in [0.29, 0.717) is 0 Å². The zero-order valence-electron chi connectivity index (χ0n) is 11.3. The SMILES string of the molecule is CC(C)(CNc1nc2ccc(Cl)cc2s1)c1cccs1. The summed E-state index contributed by atoms with van der Waals surface area (Å²) in [5.74, 6) is 0. The fraction of sp³-hybridized carbons (Fsp3) is 0.267. The summed E-state index contributed by atoms with van der Waals surface area (Å²) in [5, 5.41) is 7.28. The minimum absolute atomic E-state index is 0.101. The topological polar surface area (TPSA) is 24.9 Å². The Bertz CT molecular complexity index is 717. The molecule has 0 spiro atoms. The Kier molecular flexibility index (Phi) is 3.71. The summed E-state index contributed by atoms with van der Waals surface area (Å²) >= 11 is 9.45. The lowest BCUT2D eigenvalue weighted by Gasteiger charge is -2.23. The highest BCUT2D eigenvalue weighted by atomic mass is 35.5. The van der Waals surface area contributed by atoms with Crippen LogP contribution < -0.4 is 5.32 Å². The van der Waals surface area contributed by atoms with E-state index in [-0.39, 0.29) is 5.41 Å². The Labute approximate surface area is 131 Å². The van der Waals surface area contributed by atoms with Crippen LogP contribution in [0.3, 0.4) is 0 Å². The summed E-state index contributed by atoms with van der Waals surface area (Å²) < 4.78 is 1.12. The summed E-state index contributed by atoms with van der Waals surface area (Å²) in [6.45, 7) is 5.35. The predicted octanol–water partition coefficient (Wildman–Crippen LogP) is 5.40. The lowest BCUT2D eigenvalue weighted by molar-refractivity contribution is 0.569. The largest absolute Gasteiger partial charge is 0.361 e. The number of anilines is 1. The van der Waals surface area contributed by atoms with E-state index < -0.39 is 0 Å². The number of hydrogen-bond acceptors (Lipinski definition) is 4. The van der Waals surface area contributed by atoms with Crippen LogP contribution in [-0.4, -0.2) is 11.5 Å². The molecule has 0 radical (unpaired) electrons. The highest BCUT2D eigenvalue weighted by Crippen LogP contribution is 2.31. The lowest BCUT2D eigenvalue weighted by atomic mass is 9.91. The number of fused-ring (bicyclic) bond motifs is 1. The highest BCUT2D eigenvalue weighted by Gasteiger charge is 2.21. The lowest BCUT2D eigenvalue weighted by Crippen LogP contribution is -2.26. The maximum atomic E-state index is 6.00. The molecule has 0 amide bonds. The maximum absolute atomic E-state index is 6.00. The van der Waals surface area contributed by atoms with Gasteiger partial charge in [-0.15, -0.1) is 11.3 Å². The van der Waals surface area contributed by atoms with Crippen LogP contribution in [0.1, 0.15) is 18.7 Å². The smallest absolute Gasteiger partial charge is 0.183 e. The Hall–Kier alpha value is -1.10. The first-order valence-electron chi connectivity index (χ1n) is 6.38. The van der Waals surface area contributed by atoms with Crippen molar-refractivity contribution in [1.29, 1.82) is 0 Å². The molecule has 0 aliphatic carbocycles. The number of nitrogens with one attached hydrogen (secondary N) is 1. The van der Waals surface area contributed by atoms with Gasteiger partial charge in [0, 0.05) is 21.9 Å². The molecule has 5 heteroatoms. The minimum Gasteiger partial charge on any atom is -0.361 e. The van der Waals surface area contributed by atoms with Gasteiger partial charge >= 0.3 is 0 Å². The standard InChI is InChI=1S/C15H15ClN2S2/c1-15(2,13-4-3-7-19-13)9-17-14-18-11-6-5-10(16)8-12(11)20-14/h3-8H,9H2,1-2H3,(H,17,18). The molecule has 0 aliphatic rings. The van der Waals surface area contributed by atoms with Crippen molar-refractivity contribution in [3.05, 3.63) is 45.6 Å². The van der Waals surface area contributed by atoms with E-state index >= 15 is 0 Å². The molecule has 20 heavy (non-hydrogen) atoms. The van der Waals surface area contributed by atoms with Gasteiger partial charge in [-0.1, -0.05) is 42.9 Å². The second-order valence-electron chi connectivity index (χ2n) is 5.35. The Morgan fingerprint density at radius 3 is 2.90 bits per heavy atom. The number of rotatable bonds is 4. The zero-order valence-corrected chi connectivity index (χ0v) is 13.7. The van der Waals surface area contributed by atoms with E-state index in [9.17, 15) is 0 Å². The fourth-order valence-corrected chi connectivity index (χ4v) is 4.01. The van der Waals surface area contributed by atoms with Gasteiger partial charge in [-0.3, -0.25) is 0 Å². The van der Waals surface area contributed by atoms with Gasteiger partial charge in [0.2, 0.25) is 0 Å². The second kappa shape index (κ2) is 5.35. The molecule has 2 aromatic heterocycles. The van der Waals surface area contributed by atoms with Gasteiger partial charge in [-0.2, -0.15) is 0 Å². The van der Waals surface area contributed by atoms with Crippen molar-refractivity contribution in [2.75, 3.05) is 11.9 Å². The molecule has 1 aromatic carbocycles. The van der Waals surface area contributed by atoms with Crippen molar-refractivity contribution < 1.29 is 0 Å². The zero-order chi connectivity index (χ0) is 14.2. The molecule has 0 fully saturated rings. The first-order chi connectivity index (χ1) is 9.54. The Morgan fingerprint density at radius 2 is 2.15 bits per heavy atom. The van der Waals surface area contributed by atoms with Crippen molar-refractivity contribution in [2.45, 2.75) is 19.3 Å². The number of hydrogen-bond donors (Lipinski definition) is 1. The minimum atomic E-state index is 0.101. The van der Waals surface area contributed by atoms with Crippen LogP contribution in [-0.2, 0) is 5.41 Å². The third-order valence-corrected chi connectivity index (χ3v) is 5.67. The molecule has 2 nitrogen and oxygen atoms in total. The molecule has 0 aliphatic heterocycles. The van der Waals surface area contributed by atoms with Gasteiger partial charge in [0.15, 0.2) is 5.13 Å². The van der Waals surface area contributed by atoms with Gasteiger partial charge in [0.05, 0.1) is 10.2 Å². The number of benzene rings is 1. The summed E-state index contributed by atoms with van der Waals surface area (Å²) in [4.78, 5) is 5.97. The van der Waals surface area contributed by atoms with Crippen LogP contribution >= 0.6 is 34.3 Å².